The first-order valence-corrected chi connectivity index (χ1v) is 6.07. The molecule has 102 valence electrons. The summed E-state index contributed by atoms with van der Waals surface area (Å²) < 4.78 is 0. The molecule has 1 aromatic heterocycles. The van der Waals surface area contributed by atoms with Gasteiger partial charge >= 0.3 is 5.97 Å². The van der Waals surface area contributed by atoms with Crippen molar-refractivity contribution < 1.29 is 19.5 Å². The van der Waals surface area contributed by atoms with E-state index in [1.807, 2.05) is 30.3 Å². The van der Waals surface area contributed by atoms with Crippen LogP contribution >= 0.6 is 0 Å². The van der Waals surface area contributed by atoms with Crippen LogP contribution in [0.15, 0.2) is 42.6 Å². The number of carbonyl (C=O) groups excluding carboxylic acids is 2. The number of rotatable bonds is 6. The molecule has 0 bridgehead atoms. The number of ketones is 2. The summed E-state index contributed by atoms with van der Waals surface area (Å²) in [5.74, 6) is -3.21. The van der Waals surface area contributed by atoms with Gasteiger partial charge in [-0.05, 0) is 23.6 Å². The van der Waals surface area contributed by atoms with Crippen LogP contribution in [0.3, 0.4) is 0 Å². The number of carboxylic acid groups (broad SMARTS) is 1. The van der Waals surface area contributed by atoms with Gasteiger partial charge in [0.25, 0.3) is 0 Å². The summed E-state index contributed by atoms with van der Waals surface area (Å²) in [7, 11) is 0. The van der Waals surface area contributed by atoms with Gasteiger partial charge in [-0.15, -0.1) is 0 Å². The molecule has 0 spiro atoms. The van der Waals surface area contributed by atoms with E-state index in [2.05, 4.69) is 4.98 Å². The Balaban J connectivity index is 2.04. The number of aromatic amines is 1. The lowest BCUT2D eigenvalue weighted by Crippen LogP contribution is -2.17. The van der Waals surface area contributed by atoms with Gasteiger partial charge in [-0.3, -0.25) is 9.59 Å². The van der Waals surface area contributed by atoms with Crippen molar-refractivity contribution >= 4 is 17.5 Å². The molecule has 2 rings (SSSR count). The Morgan fingerprint density at radius 1 is 1.05 bits per heavy atom. The topological polar surface area (TPSA) is 87.2 Å². The molecular formula is C15H13NO4. The Kier molecular flexibility index (Phi) is 4.10. The molecule has 1 heterocycles. The molecule has 2 N–H and O–H groups in total. The smallest absolute Gasteiger partial charge is 0.372 e. The van der Waals surface area contributed by atoms with Gasteiger partial charge in [-0.2, -0.15) is 0 Å². The fourth-order valence-electron chi connectivity index (χ4n) is 1.85. The van der Waals surface area contributed by atoms with Crippen molar-refractivity contribution in [2.24, 2.45) is 0 Å². The average molecular weight is 271 g/mol. The van der Waals surface area contributed by atoms with Crippen LogP contribution in [-0.2, 0) is 16.0 Å². The highest BCUT2D eigenvalue weighted by Gasteiger charge is 2.18. The second-order valence-electron chi connectivity index (χ2n) is 4.41. The van der Waals surface area contributed by atoms with Crippen molar-refractivity contribution in [3.8, 4) is 0 Å². The summed E-state index contributed by atoms with van der Waals surface area (Å²) in [5, 5.41) is 8.47. The van der Waals surface area contributed by atoms with Gasteiger partial charge in [0.15, 0.2) is 5.78 Å². The maximum Gasteiger partial charge on any atom is 0.372 e. The molecule has 1 aromatic carbocycles. The highest BCUT2D eigenvalue weighted by Crippen LogP contribution is 2.12. The third kappa shape index (κ3) is 3.41. The van der Waals surface area contributed by atoms with E-state index in [-0.39, 0.29) is 5.69 Å². The second-order valence-corrected chi connectivity index (χ2v) is 4.41. The van der Waals surface area contributed by atoms with E-state index in [0.717, 1.165) is 11.1 Å². The number of carbonyl (C=O) groups is 3. The number of hydrogen-bond donors (Lipinski definition) is 2. The van der Waals surface area contributed by atoms with Crippen molar-refractivity contribution in [3.05, 3.63) is 59.4 Å². The van der Waals surface area contributed by atoms with Gasteiger partial charge in [0.1, 0.15) is 0 Å². The molecule has 0 aliphatic carbocycles. The van der Waals surface area contributed by atoms with Crippen molar-refractivity contribution in [1.82, 2.24) is 4.98 Å². The molecule has 0 fully saturated rings. The molecule has 0 saturated heterocycles. The molecule has 5 heteroatoms. The van der Waals surface area contributed by atoms with Gasteiger partial charge < -0.3 is 10.1 Å². The second kappa shape index (κ2) is 5.97. The van der Waals surface area contributed by atoms with Crippen LogP contribution in [0.4, 0.5) is 0 Å². The largest absolute Gasteiger partial charge is 0.475 e. The Morgan fingerprint density at radius 3 is 2.40 bits per heavy atom. The first-order valence-electron chi connectivity index (χ1n) is 6.07. The summed E-state index contributed by atoms with van der Waals surface area (Å²) in [6.45, 7) is 0. The lowest BCUT2D eigenvalue weighted by atomic mass is 10.1. The normalized spacial score (nSPS) is 10.2. The highest BCUT2D eigenvalue weighted by atomic mass is 16.4. The molecule has 0 atom stereocenters. The SMILES string of the molecule is O=C(O)C(=O)CC(=O)c1cc(Cc2ccccc2)c[nH]1. The number of carboxylic acids is 1. The van der Waals surface area contributed by atoms with E-state index < -0.39 is 24.0 Å². The highest BCUT2D eigenvalue weighted by molar-refractivity contribution is 6.37. The van der Waals surface area contributed by atoms with Crippen molar-refractivity contribution in [1.29, 1.82) is 0 Å². The van der Waals surface area contributed by atoms with E-state index in [4.69, 9.17) is 5.11 Å². The molecule has 0 unspecified atom stereocenters. The van der Waals surface area contributed by atoms with E-state index in [0.29, 0.717) is 6.42 Å². The van der Waals surface area contributed by atoms with Gasteiger partial charge in [0, 0.05) is 6.20 Å². The Hall–Kier alpha value is -2.69. The maximum atomic E-state index is 11.7. The summed E-state index contributed by atoms with van der Waals surface area (Å²) >= 11 is 0. The van der Waals surface area contributed by atoms with Crippen molar-refractivity contribution in [2.45, 2.75) is 12.8 Å². The van der Waals surface area contributed by atoms with E-state index in [1.54, 1.807) is 12.3 Å². The maximum absolute atomic E-state index is 11.7. The predicted molar refractivity (Wildman–Crippen MR) is 71.6 cm³/mol. The lowest BCUT2D eigenvalue weighted by Gasteiger charge is -1.97. The molecule has 0 saturated carbocycles. The fraction of sp³-hybridized carbons (Fsp3) is 0.133. The van der Waals surface area contributed by atoms with E-state index >= 15 is 0 Å². The molecule has 20 heavy (non-hydrogen) atoms. The molecule has 0 aliphatic rings. The zero-order valence-corrected chi connectivity index (χ0v) is 10.6. The molecule has 5 nitrogen and oxygen atoms in total. The first kappa shape index (κ1) is 13.7. The minimum atomic E-state index is -1.59. The van der Waals surface area contributed by atoms with Crippen molar-refractivity contribution in [2.75, 3.05) is 0 Å². The van der Waals surface area contributed by atoms with Crippen LogP contribution < -0.4 is 0 Å². The zero-order chi connectivity index (χ0) is 14.5. The number of H-pyrrole nitrogens is 1. The van der Waals surface area contributed by atoms with Crippen LogP contribution in [-0.4, -0.2) is 27.6 Å². The van der Waals surface area contributed by atoms with Gasteiger partial charge in [-0.1, -0.05) is 30.3 Å². The predicted octanol–water partition coefficient (Wildman–Crippen LogP) is 1.83. The molecular weight excluding hydrogens is 258 g/mol. The number of nitrogens with one attached hydrogen (secondary N) is 1. The van der Waals surface area contributed by atoms with Gasteiger partial charge in [0.05, 0.1) is 12.1 Å². The first-order chi connectivity index (χ1) is 9.56. The summed E-state index contributed by atoms with van der Waals surface area (Å²) in [6, 6.07) is 11.4. The van der Waals surface area contributed by atoms with Crippen molar-refractivity contribution in [3.63, 3.8) is 0 Å². The monoisotopic (exact) mass is 271 g/mol. The fourth-order valence-corrected chi connectivity index (χ4v) is 1.85. The third-order valence-electron chi connectivity index (χ3n) is 2.85. The summed E-state index contributed by atoms with van der Waals surface area (Å²) in [4.78, 5) is 35.9. The van der Waals surface area contributed by atoms with Gasteiger partial charge in [0.2, 0.25) is 5.78 Å². The minimum absolute atomic E-state index is 0.255. The molecule has 0 amide bonds. The number of hydrogen-bond acceptors (Lipinski definition) is 3. The van der Waals surface area contributed by atoms with Crippen LogP contribution in [0.25, 0.3) is 0 Å². The molecule has 0 aliphatic heterocycles. The number of aromatic nitrogens is 1. The van der Waals surface area contributed by atoms with Crippen LogP contribution in [0.5, 0.6) is 0 Å². The van der Waals surface area contributed by atoms with Gasteiger partial charge in [-0.25, -0.2) is 4.79 Å². The number of aliphatic carboxylic acids is 1. The zero-order valence-electron chi connectivity index (χ0n) is 10.6. The quantitative estimate of drug-likeness (QED) is 0.476. The van der Waals surface area contributed by atoms with Crippen LogP contribution in [0, 0.1) is 0 Å². The summed E-state index contributed by atoms with van der Waals surface area (Å²) in [5.41, 5.74) is 2.26. The standard InChI is InChI=1S/C15H13NO4/c17-13(8-14(18)15(19)20)12-7-11(9-16-12)6-10-4-2-1-3-5-10/h1-5,7,9,16H,6,8H2,(H,19,20). The van der Waals surface area contributed by atoms with Crippen LogP contribution in [0.1, 0.15) is 28.0 Å². The Bertz CT molecular complexity index is 643. The Morgan fingerprint density at radius 2 is 1.75 bits per heavy atom. The van der Waals surface area contributed by atoms with E-state index in [9.17, 15) is 14.4 Å². The third-order valence-corrected chi connectivity index (χ3v) is 2.85. The number of benzene rings is 1. The summed E-state index contributed by atoms with van der Waals surface area (Å²) in [6.07, 6.45) is 1.73. The van der Waals surface area contributed by atoms with E-state index in [1.165, 1.54) is 0 Å². The Labute approximate surface area is 115 Å². The molecule has 2 aromatic rings. The number of Topliss-reactive ketones (excluding diaryl/α,β-unsaturated/α-hetero) is 2. The molecule has 0 radical (unpaired) electrons. The lowest BCUT2D eigenvalue weighted by molar-refractivity contribution is -0.148. The minimum Gasteiger partial charge on any atom is -0.475 e. The van der Waals surface area contributed by atoms with Crippen LogP contribution in [0.2, 0.25) is 0 Å². The average Bonchev–Trinajstić information content (AvgIpc) is 2.88.